The van der Waals surface area contributed by atoms with Gasteiger partial charge in [0.25, 0.3) is 0 Å². The number of aromatic nitrogens is 2. The van der Waals surface area contributed by atoms with E-state index in [1.165, 1.54) is 30.0 Å². The Morgan fingerprint density at radius 3 is 2.88 bits per heavy atom. The van der Waals surface area contributed by atoms with Crippen LogP contribution in [0.25, 0.3) is 22.2 Å². The molecule has 0 saturated carbocycles. The van der Waals surface area contributed by atoms with E-state index in [0.29, 0.717) is 11.7 Å². The molecule has 1 N–H and O–H groups in total. The molecule has 2 aromatic carbocycles. The lowest BCUT2D eigenvalue weighted by molar-refractivity contribution is 0.341. The first-order valence-electron chi connectivity index (χ1n) is 8.41. The molecular formula is C19H22ClN3O. The van der Waals surface area contributed by atoms with Gasteiger partial charge in [-0.1, -0.05) is 47.6 Å². The fourth-order valence-corrected chi connectivity index (χ4v) is 3.41. The zero-order valence-corrected chi connectivity index (χ0v) is 14.4. The van der Waals surface area contributed by atoms with E-state index in [2.05, 4.69) is 39.7 Å². The summed E-state index contributed by atoms with van der Waals surface area (Å²) in [4.78, 5) is 4.66. The molecule has 4 rings (SSSR count). The SMILES string of the molecule is Cl.c1ccc2c(-c3noc(CC4CCCNCC4)n3)cccc2c1. The first-order chi connectivity index (χ1) is 11.4. The number of hydrogen-bond acceptors (Lipinski definition) is 4. The number of halogens is 1. The van der Waals surface area contributed by atoms with E-state index in [0.717, 1.165) is 31.0 Å². The minimum Gasteiger partial charge on any atom is -0.339 e. The first-order valence-corrected chi connectivity index (χ1v) is 8.41. The van der Waals surface area contributed by atoms with E-state index >= 15 is 0 Å². The number of nitrogens with one attached hydrogen (secondary N) is 1. The van der Waals surface area contributed by atoms with Crippen molar-refractivity contribution in [1.29, 1.82) is 0 Å². The standard InChI is InChI=1S/C19H21N3O.ClH/c1-2-8-16-15(6-1)7-3-9-17(16)19-21-18(23-22-19)13-14-5-4-11-20-12-10-14;/h1-3,6-9,14,20H,4-5,10-13H2;1H. The topological polar surface area (TPSA) is 51.0 Å². The minimum atomic E-state index is 0. The first kappa shape index (κ1) is 16.9. The second kappa shape index (κ2) is 7.77. The maximum absolute atomic E-state index is 5.53. The van der Waals surface area contributed by atoms with Gasteiger partial charge in [-0.15, -0.1) is 12.4 Å². The predicted molar refractivity (Wildman–Crippen MR) is 98.4 cm³/mol. The third kappa shape index (κ3) is 3.60. The van der Waals surface area contributed by atoms with Crippen molar-refractivity contribution in [3.63, 3.8) is 0 Å². The molecule has 1 fully saturated rings. The molecule has 1 aromatic heterocycles. The molecule has 126 valence electrons. The molecule has 0 aliphatic carbocycles. The zero-order valence-electron chi connectivity index (χ0n) is 13.6. The van der Waals surface area contributed by atoms with Crippen molar-refractivity contribution in [1.82, 2.24) is 15.5 Å². The maximum atomic E-state index is 5.53. The molecule has 2 heterocycles. The Morgan fingerprint density at radius 2 is 1.92 bits per heavy atom. The van der Waals surface area contributed by atoms with E-state index in [1.807, 2.05) is 18.2 Å². The van der Waals surface area contributed by atoms with Crippen LogP contribution >= 0.6 is 12.4 Å². The lowest BCUT2D eigenvalue weighted by atomic mass is 9.97. The van der Waals surface area contributed by atoms with Gasteiger partial charge in [0.15, 0.2) is 0 Å². The van der Waals surface area contributed by atoms with Crippen LogP contribution in [0.5, 0.6) is 0 Å². The largest absolute Gasteiger partial charge is 0.339 e. The Bertz CT molecular complexity index is 789. The molecule has 0 amide bonds. The van der Waals surface area contributed by atoms with E-state index in [4.69, 9.17) is 4.52 Å². The van der Waals surface area contributed by atoms with Crippen LogP contribution < -0.4 is 5.32 Å². The highest BCUT2D eigenvalue weighted by Crippen LogP contribution is 2.27. The summed E-state index contributed by atoms with van der Waals surface area (Å²) in [5.41, 5.74) is 1.04. The third-order valence-electron chi connectivity index (χ3n) is 4.66. The van der Waals surface area contributed by atoms with Crippen molar-refractivity contribution in [2.45, 2.75) is 25.7 Å². The van der Waals surface area contributed by atoms with Crippen molar-refractivity contribution in [3.05, 3.63) is 48.4 Å². The van der Waals surface area contributed by atoms with E-state index < -0.39 is 0 Å². The van der Waals surface area contributed by atoms with Gasteiger partial charge in [0, 0.05) is 12.0 Å². The summed E-state index contributed by atoms with van der Waals surface area (Å²) in [6.45, 7) is 2.22. The van der Waals surface area contributed by atoms with Crippen LogP contribution in [-0.2, 0) is 6.42 Å². The van der Waals surface area contributed by atoms with Gasteiger partial charge in [0.2, 0.25) is 11.7 Å². The Hall–Kier alpha value is -1.91. The Kier molecular flexibility index (Phi) is 5.48. The normalized spacial score (nSPS) is 18.1. The number of nitrogens with zero attached hydrogens (tertiary/aromatic N) is 2. The van der Waals surface area contributed by atoms with Gasteiger partial charge in [-0.3, -0.25) is 0 Å². The third-order valence-corrected chi connectivity index (χ3v) is 4.66. The van der Waals surface area contributed by atoms with Gasteiger partial charge in [0.1, 0.15) is 0 Å². The Balaban J connectivity index is 0.00000169. The van der Waals surface area contributed by atoms with E-state index in [-0.39, 0.29) is 12.4 Å². The summed E-state index contributed by atoms with van der Waals surface area (Å²) in [5.74, 6) is 2.11. The molecule has 0 bridgehead atoms. The van der Waals surface area contributed by atoms with Crippen LogP contribution in [0.3, 0.4) is 0 Å². The highest BCUT2D eigenvalue weighted by Gasteiger charge is 2.17. The van der Waals surface area contributed by atoms with Gasteiger partial charge >= 0.3 is 0 Å². The van der Waals surface area contributed by atoms with Gasteiger partial charge < -0.3 is 9.84 Å². The molecule has 1 aliphatic heterocycles. The molecule has 4 nitrogen and oxygen atoms in total. The van der Waals surface area contributed by atoms with Crippen LogP contribution in [0.2, 0.25) is 0 Å². The van der Waals surface area contributed by atoms with E-state index in [1.54, 1.807) is 0 Å². The van der Waals surface area contributed by atoms with Gasteiger partial charge in [-0.2, -0.15) is 4.98 Å². The maximum Gasteiger partial charge on any atom is 0.227 e. The molecule has 3 aromatic rings. The molecule has 1 saturated heterocycles. The summed E-state index contributed by atoms with van der Waals surface area (Å²) >= 11 is 0. The minimum absolute atomic E-state index is 0. The Labute approximate surface area is 148 Å². The van der Waals surface area contributed by atoms with Crippen molar-refractivity contribution < 1.29 is 4.52 Å². The molecule has 1 unspecified atom stereocenters. The van der Waals surface area contributed by atoms with Gasteiger partial charge in [0.05, 0.1) is 0 Å². The molecule has 24 heavy (non-hydrogen) atoms. The predicted octanol–water partition coefficient (Wildman–Crippen LogP) is 4.24. The lowest BCUT2D eigenvalue weighted by Gasteiger charge is -2.09. The molecule has 1 atom stereocenters. The highest BCUT2D eigenvalue weighted by atomic mass is 35.5. The molecular weight excluding hydrogens is 322 g/mol. The smallest absolute Gasteiger partial charge is 0.227 e. The fraction of sp³-hybridized carbons (Fsp3) is 0.368. The fourth-order valence-electron chi connectivity index (χ4n) is 3.41. The monoisotopic (exact) mass is 343 g/mol. The molecule has 0 spiro atoms. The average molecular weight is 344 g/mol. The summed E-state index contributed by atoms with van der Waals surface area (Å²) in [6.07, 6.45) is 4.54. The van der Waals surface area contributed by atoms with Gasteiger partial charge in [-0.25, -0.2) is 0 Å². The second-order valence-electron chi connectivity index (χ2n) is 6.29. The van der Waals surface area contributed by atoms with E-state index in [9.17, 15) is 0 Å². The van der Waals surface area contributed by atoms with Crippen molar-refractivity contribution in [3.8, 4) is 11.4 Å². The van der Waals surface area contributed by atoms with Crippen LogP contribution in [0, 0.1) is 5.92 Å². The number of rotatable bonds is 3. The van der Waals surface area contributed by atoms with Crippen LogP contribution in [-0.4, -0.2) is 23.2 Å². The highest BCUT2D eigenvalue weighted by molar-refractivity contribution is 5.94. The van der Waals surface area contributed by atoms with Crippen molar-refractivity contribution >= 4 is 23.2 Å². The number of hydrogen-bond donors (Lipinski definition) is 1. The van der Waals surface area contributed by atoms with Gasteiger partial charge in [-0.05, 0) is 49.0 Å². The second-order valence-corrected chi connectivity index (χ2v) is 6.29. The summed E-state index contributed by atoms with van der Waals surface area (Å²) in [6, 6.07) is 14.5. The Morgan fingerprint density at radius 1 is 1.04 bits per heavy atom. The summed E-state index contributed by atoms with van der Waals surface area (Å²) in [5, 5.41) is 10.0. The molecule has 1 aliphatic rings. The molecule has 0 radical (unpaired) electrons. The van der Waals surface area contributed by atoms with Crippen molar-refractivity contribution in [2.24, 2.45) is 5.92 Å². The van der Waals surface area contributed by atoms with Crippen molar-refractivity contribution in [2.75, 3.05) is 13.1 Å². The zero-order chi connectivity index (χ0) is 15.5. The molecule has 5 heteroatoms. The summed E-state index contributed by atoms with van der Waals surface area (Å²) in [7, 11) is 0. The lowest BCUT2D eigenvalue weighted by Crippen LogP contribution is -2.14. The number of fused-ring (bicyclic) bond motifs is 1. The van der Waals surface area contributed by atoms with Crippen LogP contribution in [0.1, 0.15) is 25.2 Å². The van der Waals surface area contributed by atoms with Crippen LogP contribution in [0.15, 0.2) is 47.0 Å². The quantitative estimate of drug-likeness (QED) is 0.772. The average Bonchev–Trinajstić information content (AvgIpc) is 2.90. The number of benzene rings is 2. The summed E-state index contributed by atoms with van der Waals surface area (Å²) < 4.78 is 5.53. The van der Waals surface area contributed by atoms with Crippen LogP contribution in [0.4, 0.5) is 0 Å².